The maximum atomic E-state index is 12.9. The van der Waals surface area contributed by atoms with Gasteiger partial charge in [0.2, 0.25) is 0 Å². The lowest BCUT2D eigenvalue weighted by Gasteiger charge is -2.46. The predicted molar refractivity (Wildman–Crippen MR) is 124 cm³/mol. The maximum Gasteiger partial charge on any atom is 0.425 e. The highest BCUT2D eigenvalue weighted by molar-refractivity contribution is 7.15. The average Bonchev–Trinajstić information content (AvgIpc) is 3.50. The topological polar surface area (TPSA) is 56.4 Å². The van der Waals surface area contributed by atoms with Gasteiger partial charge in [-0.25, -0.2) is 0 Å². The molecule has 1 N–H and O–H groups in total. The predicted octanol–water partition coefficient (Wildman–Crippen LogP) is 5.39. The molecule has 2 fully saturated rings. The molecule has 0 aliphatic carbocycles. The van der Waals surface area contributed by atoms with Crippen LogP contribution < -0.4 is 0 Å². The molecular weight excluding hydrogens is 463 g/mol. The number of carbonyl (C=O) groups is 2. The third-order valence-electron chi connectivity index (χ3n) is 6.82. The molecule has 9 heteroatoms. The summed E-state index contributed by atoms with van der Waals surface area (Å²) in [6.45, 7) is 2.87. The minimum absolute atomic E-state index is 0.0366. The zero-order valence-electron chi connectivity index (χ0n) is 18.3. The molecule has 4 heterocycles. The van der Waals surface area contributed by atoms with Crippen molar-refractivity contribution in [1.82, 2.24) is 14.8 Å². The lowest BCUT2D eigenvalue weighted by Crippen LogP contribution is -2.54. The zero-order chi connectivity index (χ0) is 23.9. The highest BCUT2D eigenvalue weighted by Gasteiger charge is 2.38. The number of carbonyl (C=O) groups excluding carboxylic acids is 2. The van der Waals surface area contributed by atoms with Gasteiger partial charge in [0.05, 0.1) is 0 Å². The molecule has 0 spiro atoms. The van der Waals surface area contributed by atoms with Gasteiger partial charge in [0.25, 0.3) is 11.8 Å². The number of nitrogens with one attached hydrogen (secondary N) is 1. The minimum atomic E-state index is -4.35. The molecule has 1 aromatic carbocycles. The van der Waals surface area contributed by atoms with Crippen molar-refractivity contribution in [2.45, 2.75) is 19.0 Å². The van der Waals surface area contributed by atoms with E-state index in [-0.39, 0.29) is 11.8 Å². The Kier molecular flexibility index (Phi) is 5.97. The van der Waals surface area contributed by atoms with Gasteiger partial charge >= 0.3 is 6.18 Å². The van der Waals surface area contributed by atoms with E-state index in [1.54, 1.807) is 36.5 Å². The number of alkyl halides is 3. The molecule has 0 bridgehead atoms. The third kappa shape index (κ3) is 4.49. The van der Waals surface area contributed by atoms with E-state index < -0.39 is 11.1 Å². The highest BCUT2D eigenvalue weighted by atomic mass is 32.1. The maximum absolute atomic E-state index is 12.9. The number of hydrogen-bond acceptors (Lipinski definition) is 3. The van der Waals surface area contributed by atoms with E-state index in [0.717, 1.165) is 32.0 Å². The number of likely N-dealkylation sites (tertiary alicyclic amines) is 2. The first-order valence-corrected chi connectivity index (χ1v) is 12.1. The van der Waals surface area contributed by atoms with Crippen molar-refractivity contribution >= 4 is 23.2 Å². The number of aromatic nitrogens is 1. The number of nitrogens with zero attached hydrogens (tertiary/aromatic N) is 2. The fraction of sp³-hybridized carbons (Fsp3) is 0.360. The SMILES string of the molecule is O=C(c1ccc(-c2ccc(C(F)(F)F)s2)cc1)N1CCC(C2CN(C(=O)c3ccc[nH]3)C2)CC1. The first-order valence-electron chi connectivity index (χ1n) is 11.3. The molecule has 5 nitrogen and oxygen atoms in total. The summed E-state index contributed by atoms with van der Waals surface area (Å²) in [6, 6.07) is 12.9. The lowest BCUT2D eigenvalue weighted by molar-refractivity contribution is -0.134. The summed E-state index contributed by atoms with van der Waals surface area (Å²) in [5, 5.41) is 0. The van der Waals surface area contributed by atoms with Crippen LogP contribution in [0.1, 0.15) is 38.6 Å². The number of amides is 2. The van der Waals surface area contributed by atoms with Gasteiger partial charge in [0.1, 0.15) is 10.6 Å². The Bertz CT molecular complexity index is 1160. The van der Waals surface area contributed by atoms with Gasteiger partial charge in [-0.2, -0.15) is 13.2 Å². The largest absolute Gasteiger partial charge is 0.425 e. The van der Waals surface area contributed by atoms with Crippen LogP contribution in [-0.2, 0) is 6.18 Å². The molecule has 3 aromatic rings. The molecular formula is C25H24F3N3O2S. The first-order chi connectivity index (χ1) is 16.3. The Morgan fingerprint density at radius 2 is 1.59 bits per heavy atom. The Morgan fingerprint density at radius 1 is 0.882 bits per heavy atom. The van der Waals surface area contributed by atoms with Crippen LogP contribution in [0.4, 0.5) is 13.2 Å². The zero-order valence-corrected chi connectivity index (χ0v) is 19.2. The second-order valence-electron chi connectivity index (χ2n) is 8.92. The van der Waals surface area contributed by atoms with Crippen molar-refractivity contribution in [2.24, 2.45) is 11.8 Å². The van der Waals surface area contributed by atoms with E-state index in [1.807, 2.05) is 15.9 Å². The van der Waals surface area contributed by atoms with E-state index in [1.165, 1.54) is 6.07 Å². The summed E-state index contributed by atoms with van der Waals surface area (Å²) in [6.07, 6.45) is -0.778. The molecule has 2 aliphatic rings. The Morgan fingerprint density at radius 3 is 2.18 bits per heavy atom. The molecule has 2 amide bonds. The number of rotatable bonds is 4. The number of H-pyrrole nitrogens is 1. The Balaban J connectivity index is 1.13. The van der Waals surface area contributed by atoms with E-state index in [4.69, 9.17) is 0 Å². The van der Waals surface area contributed by atoms with Crippen LogP contribution in [0.25, 0.3) is 10.4 Å². The average molecular weight is 488 g/mol. The third-order valence-corrected chi connectivity index (χ3v) is 8.00. The summed E-state index contributed by atoms with van der Waals surface area (Å²) in [4.78, 5) is 31.9. The van der Waals surface area contributed by atoms with Crippen molar-refractivity contribution in [3.05, 3.63) is 70.9 Å². The van der Waals surface area contributed by atoms with Crippen molar-refractivity contribution in [3.63, 3.8) is 0 Å². The molecule has 0 radical (unpaired) electrons. The highest BCUT2D eigenvalue weighted by Crippen LogP contribution is 2.38. The standard InChI is InChI=1S/C25H24F3N3O2S/c26-25(27,28)22-8-7-21(34-22)17-3-5-18(6-4-17)23(32)30-12-9-16(10-13-30)19-14-31(15-19)24(33)20-2-1-11-29-20/h1-8,11,16,19,29H,9-10,12-15H2. The van der Waals surface area contributed by atoms with Crippen LogP contribution in [0.2, 0.25) is 0 Å². The smallest absolute Gasteiger partial charge is 0.357 e. The van der Waals surface area contributed by atoms with Crippen molar-refractivity contribution < 1.29 is 22.8 Å². The molecule has 0 unspecified atom stereocenters. The number of benzene rings is 1. The Labute approximate surface area is 199 Å². The fourth-order valence-electron chi connectivity index (χ4n) is 4.79. The molecule has 0 saturated carbocycles. The minimum Gasteiger partial charge on any atom is -0.357 e. The van der Waals surface area contributed by atoms with Gasteiger partial charge in [-0.15, -0.1) is 11.3 Å². The number of thiophene rings is 1. The summed E-state index contributed by atoms with van der Waals surface area (Å²) >= 11 is 0.700. The van der Waals surface area contributed by atoms with Crippen LogP contribution in [0, 0.1) is 11.8 Å². The van der Waals surface area contributed by atoms with E-state index in [9.17, 15) is 22.8 Å². The van der Waals surface area contributed by atoms with Crippen molar-refractivity contribution in [3.8, 4) is 10.4 Å². The molecule has 2 saturated heterocycles. The van der Waals surface area contributed by atoms with Crippen LogP contribution >= 0.6 is 11.3 Å². The first kappa shape index (κ1) is 22.7. The van der Waals surface area contributed by atoms with Gasteiger partial charge in [0.15, 0.2) is 0 Å². The second kappa shape index (κ2) is 8.94. The van der Waals surface area contributed by atoms with Crippen molar-refractivity contribution in [1.29, 1.82) is 0 Å². The summed E-state index contributed by atoms with van der Waals surface area (Å²) < 4.78 is 38.6. The monoisotopic (exact) mass is 487 g/mol. The van der Waals surface area contributed by atoms with E-state index in [2.05, 4.69) is 4.98 Å². The van der Waals surface area contributed by atoms with Gasteiger partial charge in [-0.05, 0) is 66.6 Å². The summed E-state index contributed by atoms with van der Waals surface area (Å²) in [5.74, 6) is 0.961. The van der Waals surface area contributed by atoms with Crippen LogP contribution in [-0.4, -0.2) is 52.8 Å². The molecule has 0 atom stereocenters. The van der Waals surface area contributed by atoms with Crippen LogP contribution in [0.15, 0.2) is 54.7 Å². The van der Waals surface area contributed by atoms with E-state index in [0.29, 0.717) is 58.0 Å². The quantitative estimate of drug-likeness (QED) is 0.537. The lowest BCUT2D eigenvalue weighted by atomic mass is 9.79. The van der Waals surface area contributed by atoms with Gasteiger partial charge in [-0.3, -0.25) is 9.59 Å². The fourth-order valence-corrected chi connectivity index (χ4v) is 5.67. The summed E-state index contributed by atoms with van der Waals surface area (Å²) in [5.41, 5.74) is 1.82. The van der Waals surface area contributed by atoms with Gasteiger partial charge in [0, 0.05) is 42.8 Å². The normalized spacial score (nSPS) is 17.6. The molecule has 2 aliphatic heterocycles. The molecule has 2 aromatic heterocycles. The van der Waals surface area contributed by atoms with Crippen molar-refractivity contribution in [2.75, 3.05) is 26.2 Å². The summed E-state index contributed by atoms with van der Waals surface area (Å²) in [7, 11) is 0. The molecule has 34 heavy (non-hydrogen) atoms. The van der Waals surface area contributed by atoms with Crippen LogP contribution in [0.5, 0.6) is 0 Å². The number of aromatic amines is 1. The Hall–Kier alpha value is -3.07. The number of piperidine rings is 1. The van der Waals surface area contributed by atoms with Crippen LogP contribution in [0.3, 0.4) is 0 Å². The number of hydrogen-bond donors (Lipinski definition) is 1. The van der Waals surface area contributed by atoms with E-state index >= 15 is 0 Å². The van der Waals surface area contributed by atoms with Gasteiger partial charge < -0.3 is 14.8 Å². The van der Waals surface area contributed by atoms with Gasteiger partial charge in [-0.1, -0.05) is 12.1 Å². The second-order valence-corrected chi connectivity index (χ2v) is 10.0. The molecule has 178 valence electrons. The number of halogens is 3. The molecule has 5 rings (SSSR count).